The Labute approximate surface area is 121 Å². The highest BCUT2D eigenvalue weighted by Crippen LogP contribution is 2.21. The van der Waals surface area contributed by atoms with Gasteiger partial charge in [0.15, 0.2) is 0 Å². The maximum absolute atomic E-state index is 5.27. The van der Waals surface area contributed by atoms with Crippen LogP contribution in [-0.4, -0.2) is 10.1 Å². The van der Waals surface area contributed by atoms with Crippen molar-refractivity contribution in [2.24, 2.45) is 0 Å². The SMILES string of the molecule is Cc1cccc(C)c1NCc1nc(-c2ccsc2)no1. The predicted molar refractivity (Wildman–Crippen MR) is 80.9 cm³/mol. The smallest absolute Gasteiger partial charge is 0.246 e. The van der Waals surface area contributed by atoms with Crippen LogP contribution in [0.4, 0.5) is 5.69 Å². The van der Waals surface area contributed by atoms with E-state index in [-0.39, 0.29) is 0 Å². The monoisotopic (exact) mass is 285 g/mol. The molecule has 0 spiro atoms. The molecule has 20 heavy (non-hydrogen) atoms. The van der Waals surface area contributed by atoms with Crippen molar-refractivity contribution in [2.75, 3.05) is 5.32 Å². The van der Waals surface area contributed by atoms with Gasteiger partial charge in [-0.2, -0.15) is 16.3 Å². The van der Waals surface area contributed by atoms with Gasteiger partial charge in [0.1, 0.15) is 0 Å². The highest BCUT2D eigenvalue weighted by atomic mass is 32.1. The predicted octanol–water partition coefficient (Wildman–Crippen LogP) is 4.03. The molecule has 1 N–H and O–H groups in total. The molecule has 3 rings (SSSR count). The minimum absolute atomic E-state index is 0.531. The van der Waals surface area contributed by atoms with Crippen LogP contribution in [0.5, 0.6) is 0 Å². The maximum atomic E-state index is 5.27. The average Bonchev–Trinajstić information content (AvgIpc) is 3.09. The molecule has 0 saturated carbocycles. The summed E-state index contributed by atoms with van der Waals surface area (Å²) in [4.78, 5) is 4.39. The molecule has 0 aliphatic heterocycles. The van der Waals surface area contributed by atoms with Crippen LogP contribution in [0.25, 0.3) is 11.4 Å². The molecule has 0 aliphatic rings. The number of hydrogen-bond acceptors (Lipinski definition) is 5. The molecule has 1 aromatic carbocycles. The Kier molecular flexibility index (Phi) is 3.52. The molecule has 3 aromatic rings. The molecule has 2 aromatic heterocycles. The first-order chi connectivity index (χ1) is 9.74. The molecule has 0 atom stereocenters. The van der Waals surface area contributed by atoms with E-state index in [4.69, 9.17) is 4.52 Å². The molecule has 0 fully saturated rings. The molecule has 2 heterocycles. The van der Waals surface area contributed by atoms with Crippen molar-refractivity contribution >= 4 is 17.0 Å². The van der Waals surface area contributed by atoms with E-state index in [1.54, 1.807) is 11.3 Å². The number of aromatic nitrogens is 2. The molecular formula is C15H15N3OS. The van der Waals surface area contributed by atoms with Gasteiger partial charge in [0.25, 0.3) is 0 Å². The van der Waals surface area contributed by atoms with Crippen LogP contribution in [-0.2, 0) is 6.54 Å². The van der Waals surface area contributed by atoms with Crippen molar-refractivity contribution in [3.8, 4) is 11.4 Å². The maximum Gasteiger partial charge on any atom is 0.246 e. The standard InChI is InChI=1S/C15H15N3OS/c1-10-4-3-5-11(2)14(10)16-8-13-17-15(18-19-13)12-6-7-20-9-12/h3-7,9,16H,8H2,1-2H3. The number of nitrogens with zero attached hydrogens (tertiary/aromatic N) is 2. The molecule has 0 unspecified atom stereocenters. The zero-order valence-electron chi connectivity index (χ0n) is 11.4. The Balaban J connectivity index is 1.73. The van der Waals surface area contributed by atoms with Crippen molar-refractivity contribution < 1.29 is 4.52 Å². The van der Waals surface area contributed by atoms with Crippen LogP contribution >= 0.6 is 11.3 Å². The highest BCUT2D eigenvalue weighted by molar-refractivity contribution is 7.08. The Bertz CT molecular complexity index is 683. The first kappa shape index (κ1) is 12.9. The number of rotatable bonds is 4. The van der Waals surface area contributed by atoms with E-state index in [0.717, 1.165) is 11.3 Å². The van der Waals surface area contributed by atoms with Gasteiger partial charge in [0, 0.05) is 16.6 Å². The molecule has 0 bridgehead atoms. The Morgan fingerprint density at radius 3 is 2.70 bits per heavy atom. The second-order valence-corrected chi connectivity index (χ2v) is 5.42. The third-order valence-corrected chi connectivity index (χ3v) is 3.83. The average molecular weight is 285 g/mol. The third-order valence-electron chi connectivity index (χ3n) is 3.14. The van der Waals surface area contributed by atoms with E-state index >= 15 is 0 Å². The lowest BCUT2D eigenvalue weighted by Crippen LogP contribution is -2.03. The molecular weight excluding hydrogens is 270 g/mol. The van der Waals surface area contributed by atoms with Crippen LogP contribution in [0.15, 0.2) is 39.5 Å². The molecule has 0 radical (unpaired) electrons. The number of hydrogen-bond donors (Lipinski definition) is 1. The Morgan fingerprint density at radius 2 is 2.00 bits per heavy atom. The van der Waals surface area contributed by atoms with Gasteiger partial charge < -0.3 is 9.84 Å². The third kappa shape index (κ3) is 2.58. The van der Waals surface area contributed by atoms with Gasteiger partial charge in [-0.25, -0.2) is 0 Å². The molecule has 0 amide bonds. The number of anilines is 1. The molecule has 0 aliphatic carbocycles. The van der Waals surface area contributed by atoms with Gasteiger partial charge in [0.05, 0.1) is 6.54 Å². The first-order valence-electron chi connectivity index (χ1n) is 6.39. The van der Waals surface area contributed by atoms with E-state index in [2.05, 4.69) is 47.5 Å². The van der Waals surface area contributed by atoms with Gasteiger partial charge in [-0.05, 0) is 36.4 Å². The van der Waals surface area contributed by atoms with E-state index < -0.39 is 0 Å². The summed E-state index contributed by atoms with van der Waals surface area (Å²) in [5.74, 6) is 1.23. The van der Waals surface area contributed by atoms with Gasteiger partial charge in [0.2, 0.25) is 11.7 Å². The summed E-state index contributed by atoms with van der Waals surface area (Å²) >= 11 is 1.62. The van der Waals surface area contributed by atoms with Gasteiger partial charge in [-0.15, -0.1) is 0 Å². The van der Waals surface area contributed by atoms with E-state index in [9.17, 15) is 0 Å². The lowest BCUT2D eigenvalue weighted by atomic mass is 10.1. The number of aryl methyl sites for hydroxylation is 2. The highest BCUT2D eigenvalue weighted by Gasteiger charge is 2.09. The zero-order chi connectivity index (χ0) is 13.9. The van der Waals surface area contributed by atoms with E-state index in [0.29, 0.717) is 18.3 Å². The van der Waals surface area contributed by atoms with Crippen molar-refractivity contribution in [2.45, 2.75) is 20.4 Å². The number of para-hydroxylation sites is 1. The lowest BCUT2D eigenvalue weighted by Gasteiger charge is -2.10. The zero-order valence-corrected chi connectivity index (χ0v) is 12.2. The molecule has 0 saturated heterocycles. The van der Waals surface area contributed by atoms with Crippen LogP contribution in [0.3, 0.4) is 0 Å². The van der Waals surface area contributed by atoms with Crippen LogP contribution in [0.1, 0.15) is 17.0 Å². The summed E-state index contributed by atoms with van der Waals surface area (Å²) in [6, 6.07) is 8.20. The largest absolute Gasteiger partial charge is 0.376 e. The number of nitrogens with one attached hydrogen (secondary N) is 1. The normalized spacial score (nSPS) is 10.7. The van der Waals surface area contributed by atoms with Crippen molar-refractivity contribution in [3.05, 3.63) is 52.0 Å². The van der Waals surface area contributed by atoms with Crippen LogP contribution in [0, 0.1) is 13.8 Å². The minimum atomic E-state index is 0.531. The van der Waals surface area contributed by atoms with E-state index in [1.807, 2.05) is 16.8 Å². The lowest BCUT2D eigenvalue weighted by molar-refractivity contribution is 0.384. The minimum Gasteiger partial charge on any atom is -0.376 e. The summed E-state index contributed by atoms with van der Waals surface area (Å²) in [6.07, 6.45) is 0. The van der Waals surface area contributed by atoms with Crippen molar-refractivity contribution in [1.82, 2.24) is 10.1 Å². The molecule has 4 nitrogen and oxygen atoms in total. The number of benzene rings is 1. The summed E-state index contributed by atoms with van der Waals surface area (Å²) in [7, 11) is 0. The summed E-state index contributed by atoms with van der Waals surface area (Å²) in [5.41, 5.74) is 4.55. The summed E-state index contributed by atoms with van der Waals surface area (Å²) in [5, 5.41) is 11.4. The van der Waals surface area contributed by atoms with Crippen LogP contribution in [0.2, 0.25) is 0 Å². The van der Waals surface area contributed by atoms with E-state index in [1.165, 1.54) is 11.1 Å². The molecule has 102 valence electrons. The second-order valence-electron chi connectivity index (χ2n) is 4.64. The fraction of sp³-hybridized carbons (Fsp3) is 0.200. The fourth-order valence-electron chi connectivity index (χ4n) is 2.09. The second kappa shape index (κ2) is 5.46. The van der Waals surface area contributed by atoms with Crippen molar-refractivity contribution in [1.29, 1.82) is 0 Å². The van der Waals surface area contributed by atoms with Gasteiger partial charge in [-0.3, -0.25) is 0 Å². The van der Waals surface area contributed by atoms with Gasteiger partial charge >= 0.3 is 0 Å². The topological polar surface area (TPSA) is 51.0 Å². The fourth-order valence-corrected chi connectivity index (χ4v) is 2.73. The van der Waals surface area contributed by atoms with Gasteiger partial charge in [-0.1, -0.05) is 23.4 Å². The van der Waals surface area contributed by atoms with Crippen molar-refractivity contribution in [3.63, 3.8) is 0 Å². The summed E-state index contributed by atoms with van der Waals surface area (Å²) in [6.45, 7) is 4.70. The Morgan fingerprint density at radius 1 is 1.20 bits per heavy atom. The number of thiophene rings is 1. The Hall–Kier alpha value is -2.14. The van der Waals surface area contributed by atoms with Crippen LogP contribution < -0.4 is 5.32 Å². The quantitative estimate of drug-likeness (QED) is 0.786. The molecule has 5 heteroatoms. The summed E-state index contributed by atoms with van der Waals surface area (Å²) < 4.78 is 5.27. The first-order valence-corrected chi connectivity index (χ1v) is 7.33.